The van der Waals surface area contributed by atoms with Crippen LogP contribution in [0.25, 0.3) is 0 Å². The lowest BCUT2D eigenvalue weighted by Crippen LogP contribution is -2.41. The Bertz CT molecular complexity index is 179. The van der Waals surface area contributed by atoms with E-state index in [1.54, 1.807) is 0 Å². The van der Waals surface area contributed by atoms with Gasteiger partial charge in [0.1, 0.15) is 0 Å². The summed E-state index contributed by atoms with van der Waals surface area (Å²) in [6, 6.07) is 0. The van der Waals surface area contributed by atoms with Gasteiger partial charge in [-0.15, -0.1) is 0 Å². The van der Waals surface area contributed by atoms with Gasteiger partial charge in [-0.05, 0) is 24.7 Å². The summed E-state index contributed by atoms with van der Waals surface area (Å²) >= 11 is 0. The standard InChI is InChI=1S/C11H19N/c1-11(6-5-7-11)10-12-8-3-2-4-9-12/h2-3H,4-10H2,1H3. The summed E-state index contributed by atoms with van der Waals surface area (Å²) in [5.41, 5.74) is 0.672. The summed E-state index contributed by atoms with van der Waals surface area (Å²) < 4.78 is 0. The van der Waals surface area contributed by atoms with Crippen LogP contribution in [0.2, 0.25) is 0 Å². The van der Waals surface area contributed by atoms with Crippen molar-refractivity contribution in [3.8, 4) is 0 Å². The monoisotopic (exact) mass is 165 g/mol. The fourth-order valence-corrected chi connectivity index (χ4v) is 2.31. The summed E-state index contributed by atoms with van der Waals surface area (Å²) in [6.07, 6.45) is 10.2. The van der Waals surface area contributed by atoms with E-state index in [4.69, 9.17) is 0 Å². The predicted molar refractivity (Wildman–Crippen MR) is 52.2 cm³/mol. The van der Waals surface area contributed by atoms with Gasteiger partial charge in [-0.2, -0.15) is 0 Å². The third-order valence-corrected chi connectivity index (χ3v) is 3.31. The predicted octanol–water partition coefficient (Wildman–Crippen LogP) is 2.44. The molecule has 1 aliphatic carbocycles. The maximum Gasteiger partial charge on any atom is 0.0163 e. The fraction of sp³-hybridized carbons (Fsp3) is 0.818. The van der Waals surface area contributed by atoms with Crippen molar-refractivity contribution in [1.29, 1.82) is 0 Å². The molecule has 0 bridgehead atoms. The first-order chi connectivity index (χ1) is 5.79. The van der Waals surface area contributed by atoms with Crippen LogP contribution in [0.3, 0.4) is 0 Å². The average Bonchev–Trinajstić information content (AvgIpc) is 2.04. The van der Waals surface area contributed by atoms with Crippen molar-refractivity contribution < 1.29 is 0 Å². The molecule has 0 radical (unpaired) electrons. The molecule has 1 aliphatic heterocycles. The van der Waals surface area contributed by atoms with Gasteiger partial charge in [0, 0.05) is 19.6 Å². The Balaban J connectivity index is 1.81. The molecule has 0 saturated heterocycles. The molecule has 68 valence electrons. The lowest BCUT2D eigenvalue weighted by atomic mass is 9.70. The molecule has 2 aliphatic rings. The molecule has 1 heterocycles. The first-order valence-corrected chi connectivity index (χ1v) is 5.16. The summed E-state index contributed by atoms with van der Waals surface area (Å²) in [5, 5.41) is 0. The van der Waals surface area contributed by atoms with E-state index >= 15 is 0 Å². The van der Waals surface area contributed by atoms with Crippen LogP contribution in [0, 0.1) is 5.41 Å². The molecule has 1 saturated carbocycles. The third-order valence-electron chi connectivity index (χ3n) is 3.31. The maximum absolute atomic E-state index is 2.60. The van der Waals surface area contributed by atoms with Gasteiger partial charge in [0.25, 0.3) is 0 Å². The first kappa shape index (κ1) is 8.31. The van der Waals surface area contributed by atoms with E-state index in [1.165, 1.54) is 45.3 Å². The van der Waals surface area contributed by atoms with Crippen molar-refractivity contribution in [1.82, 2.24) is 4.90 Å². The molecule has 0 unspecified atom stereocenters. The van der Waals surface area contributed by atoms with E-state index in [0.717, 1.165) is 0 Å². The van der Waals surface area contributed by atoms with Gasteiger partial charge in [0.15, 0.2) is 0 Å². The van der Waals surface area contributed by atoms with E-state index in [-0.39, 0.29) is 0 Å². The molecule has 1 fully saturated rings. The fourth-order valence-electron chi connectivity index (χ4n) is 2.31. The zero-order valence-electron chi connectivity index (χ0n) is 8.05. The minimum Gasteiger partial charge on any atom is -0.299 e. The van der Waals surface area contributed by atoms with Crippen LogP contribution < -0.4 is 0 Å². The van der Waals surface area contributed by atoms with Crippen molar-refractivity contribution in [2.75, 3.05) is 19.6 Å². The molecule has 2 rings (SSSR count). The normalized spacial score (nSPS) is 28.4. The van der Waals surface area contributed by atoms with Crippen LogP contribution in [0.15, 0.2) is 12.2 Å². The zero-order chi connectivity index (χ0) is 8.44. The Morgan fingerprint density at radius 2 is 2.17 bits per heavy atom. The molecule has 0 aromatic carbocycles. The van der Waals surface area contributed by atoms with Crippen LogP contribution in [-0.2, 0) is 0 Å². The Hall–Kier alpha value is -0.300. The smallest absolute Gasteiger partial charge is 0.0163 e. The van der Waals surface area contributed by atoms with E-state index < -0.39 is 0 Å². The molecule has 0 aromatic heterocycles. The maximum atomic E-state index is 2.60. The number of hydrogen-bond donors (Lipinski definition) is 0. The summed E-state index contributed by atoms with van der Waals surface area (Å²) in [4.78, 5) is 2.60. The molecular weight excluding hydrogens is 146 g/mol. The van der Waals surface area contributed by atoms with E-state index in [9.17, 15) is 0 Å². The Morgan fingerprint density at radius 1 is 1.33 bits per heavy atom. The van der Waals surface area contributed by atoms with Crippen LogP contribution >= 0.6 is 0 Å². The highest BCUT2D eigenvalue weighted by molar-refractivity contribution is 4.94. The SMILES string of the molecule is CC1(CN2CC=CCC2)CCC1. The van der Waals surface area contributed by atoms with E-state index in [1.807, 2.05) is 0 Å². The van der Waals surface area contributed by atoms with E-state index in [2.05, 4.69) is 24.0 Å². The average molecular weight is 165 g/mol. The van der Waals surface area contributed by atoms with Gasteiger partial charge < -0.3 is 0 Å². The van der Waals surface area contributed by atoms with Crippen molar-refractivity contribution >= 4 is 0 Å². The summed E-state index contributed by atoms with van der Waals surface area (Å²) in [5.74, 6) is 0. The lowest BCUT2D eigenvalue weighted by molar-refractivity contribution is 0.0906. The van der Waals surface area contributed by atoms with Gasteiger partial charge in [-0.1, -0.05) is 25.5 Å². The zero-order valence-corrected chi connectivity index (χ0v) is 8.05. The molecular formula is C11H19N. The van der Waals surface area contributed by atoms with Crippen LogP contribution in [0.1, 0.15) is 32.6 Å². The highest BCUT2D eigenvalue weighted by atomic mass is 15.1. The second-order valence-electron chi connectivity index (χ2n) is 4.66. The lowest BCUT2D eigenvalue weighted by Gasteiger charge is -2.42. The highest BCUT2D eigenvalue weighted by Crippen LogP contribution is 2.40. The molecule has 0 aromatic rings. The second kappa shape index (κ2) is 3.21. The number of hydrogen-bond acceptors (Lipinski definition) is 1. The van der Waals surface area contributed by atoms with Gasteiger partial charge in [0.05, 0.1) is 0 Å². The highest BCUT2D eigenvalue weighted by Gasteiger charge is 2.33. The summed E-state index contributed by atoms with van der Waals surface area (Å²) in [7, 11) is 0. The molecule has 0 spiro atoms. The molecule has 0 N–H and O–H groups in total. The van der Waals surface area contributed by atoms with Crippen molar-refractivity contribution in [3.05, 3.63) is 12.2 Å². The van der Waals surface area contributed by atoms with Gasteiger partial charge >= 0.3 is 0 Å². The van der Waals surface area contributed by atoms with Crippen molar-refractivity contribution in [2.24, 2.45) is 5.41 Å². The quantitative estimate of drug-likeness (QED) is 0.568. The van der Waals surface area contributed by atoms with Gasteiger partial charge in [-0.25, -0.2) is 0 Å². The molecule has 1 heteroatoms. The number of nitrogens with zero attached hydrogens (tertiary/aromatic N) is 1. The molecule has 1 nitrogen and oxygen atoms in total. The third kappa shape index (κ3) is 1.71. The molecule has 0 amide bonds. The molecule has 12 heavy (non-hydrogen) atoms. The first-order valence-electron chi connectivity index (χ1n) is 5.16. The summed E-state index contributed by atoms with van der Waals surface area (Å²) in [6.45, 7) is 6.24. The minimum atomic E-state index is 0.672. The Kier molecular flexibility index (Phi) is 2.22. The largest absolute Gasteiger partial charge is 0.299 e. The van der Waals surface area contributed by atoms with Gasteiger partial charge in [-0.3, -0.25) is 4.90 Å². The minimum absolute atomic E-state index is 0.672. The van der Waals surface area contributed by atoms with Crippen LogP contribution in [0.4, 0.5) is 0 Å². The number of rotatable bonds is 2. The Labute approximate surface area is 75.4 Å². The topological polar surface area (TPSA) is 3.24 Å². The van der Waals surface area contributed by atoms with Crippen LogP contribution in [0.5, 0.6) is 0 Å². The van der Waals surface area contributed by atoms with Crippen molar-refractivity contribution in [2.45, 2.75) is 32.6 Å². The van der Waals surface area contributed by atoms with Crippen molar-refractivity contribution in [3.63, 3.8) is 0 Å². The van der Waals surface area contributed by atoms with Crippen LogP contribution in [-0.4, -0.2) is 24.5 Å². The van der Waals surface area contributed by atoms with E-state index in [0.29, 0.717) is 5.41 Å². The Morgan fingerprint density at radius 3 is 2.67 bits per heavy atom. The second-order valence-corrected chi connectivity index (χ2v) is 4.66. The van der Waals surface area contributed by atoms with Gasteiger partial charge in [0.2, 0.25) is 0 Å². The molecule has 0 atom stereocenters.